The fourth-order valence-corrected chi connectivity index (χ4v) is 2.54. The summed E-state index contributed by atoms with van der Waals surface area (Å²) in [6, 6.07) is 21.0. The average molecular weight is 467 g/mol. The molecule has 2 aromatic rings. The van der Waals surface area contributed by atoms with Gasteiger partial charge in [0, 0.05) is 39.5 Å². The first-order valence-electron chi connectivity index (χ1n) is 10.2. The summed E-state index contributed by atoms with van der Waals surface area (Å²) in [4.78, 5) is 15.1. The van der Waals surface area contributed by atoms with Gasteiger partial charge in [-0.2, -0.15) is 11.8 Å². The number of aldehydes is 1. The standard InChI is InChI=1S/C19H18.C6H10N2O.C2H6S.CH4O/c1-3-11-16(4-2)19(17-12-7-5-8-13-17)18-14-9-6-10-15-18;1-8(2)5-3-7-4-6-9;1-3-2;1-2/h3-15,19H,1-2H2;3-6H,1-2H3;1-2H3;2H,1H3/b16-11+;5-3-,7-4?;;. The smallest absolute Gasteiger partial charge is 0.161 e. The van der Waals surface area contributed by atoms with Gasteiger partial charge in [-0.3, -0.25) is 9.79 Å². The van der Waals surface area contributed by atoms with E-state index in [9.17, 15) is 4.79 Å². The number of aliphatic imine (C=N–C) groups is 1. The van der Waals surface area contributed by atoms with E-state index >= 15 is 0 Å². The highest BCUT2D eigenvalue weighted by Gasteiger charge is 2.16. The Balaban J connectivity index is 0. The van der Waals surface area contributed by atoms with Crippen LogP contribution in [0.4, 0.5) is 0 Å². The van der Waals surface area contributed by atoms with Gasteiger partial charge >= 0.3 is 0 Å². The zero-order valence-corrected chi connectivity index (χ0v) is 21.3. The molecule has 0 aliphatic heterocycles. The lowest BCUT2D eigenvalue weighted by molar-refractivity contribution is -0.102. The van der Waals surface area contributed by atoms with E-state index in [1.807, 2.05) is 61.9 Å². The SMILES string of the molecule is C=C/C=C(\C=C)C(c1ccccc1)c1ccccc1.CN(C)/C=C\N=CC=O.CO.CSC. The molecule has 0 aromatic heterocycles. The average Bonchev–Trinajstić information content (AvgIpc) is 2.85. The van der Waals surface area contributed by atoms with Crippen molar-refractivity contribution < 1.29 is 9.90 Å². The van der Waals surface area contributed by atoms with E-state index < -0.39 is 0 Å². The number of carbonyl (C=O) groups is 1. The molecule has 0 aliphatic carbocycles. The van der Waals surface area contributed by atoms with Crippen LogP contribution in [0.2, 0.25) is 0 Å². The van der Waals surface area contributed by atoms with E-state index in [4.69, 9.17) is 5.11 Å². The highest BCUT2D eigenvalue weighted by atomic mass is 32.2. The van der Waals surface area contributed by atoms with Crippen LogP contribution >= 0.6 is 11.8 Å². The van der Waals surface area contributed by atoms with Crippen LogP contribution in [0.5, 0.6) is 0 Å². The van der Waals surface area contributed by atoms with Crippen LogP contribution in [0.3, 0.4) is 0 Å². The molecule has 4 nitrogen and oxygen atoms in total. The van der Waals surface area contributed by atoms with Gasteiger partial charge in [-0.1, -0.05) is 92.0 Å². The summed E-state index contributed by atoms with van der Waals surface area (Å²) < 4.78 is 0. The van der Waals surface area contributed by atoms with Gasteiger partial charge in [-0.15, -0.1) is 0 Å². The summed E-state index contributed by atoms with van der Waals surface area (Å²) in [6.45, 7) is 7.73. The van der Waals surface area contributed by atoms with E-state index in [2.05, 4.69) is 66.7 Å². The molecule has 1 N–H and O–H groups in total. The lowest BCUT2D eigenvalue weighted by atomic mass is 9.84. The van der Waals surface area contributed by atoms with Crippen molar-refractivity contribution in [3.8, 4) is 0 Å². The predicted octanol–water partition coefficient (Wildman–Crippen LogP) is 5.99. The number of rotatable bonds is 8. The Morgan fingerprint density at radius 2 is 1.42 bits per heavy atom. The third-order valence-electron chi connectivity index (χ3n) is 3.74. The molecule has 0 radical (unpaired) electrons. The van der Waals surface area contributed by atoms with Crippen LogP contribution in [0.15, 0.2) is 115 Å². The van der Waals surface area contributed by atoms with E-state index in [0.29, 0.717) is 6.29 Å². The molecule has 178 valence electrons. The predicted molar refractivity (Wildman–Crippen MR) is 148 cm³/mol. The number of carbonyl (C=O) groups excluding carboxylic acids is 1. The van der Waals surface area contributed by atoms with Crippen LogP contribution in [0.1, 0.15) is 17.0 Å². The molecule has 0 aliphatic rings. The molecule has 5 heteroatoms. The maximum Gasteiger partial charge on any atom is 0.161 e. The van der Waals surface area contributed by atoms with Gasteiger partial charge in [0.05, 0.1) is 6.21 Å². The fourth-order valence-electron chi connectivity index (χ4n) is 2.54. The monoisotopic (exact) mass is 466 g/mol. The molecule has 0 bridgehead atoms. The van der Waals surface area contributed by atoms with E-state index in [0.717, 1.165) is 12.7 Å². The number of allylic oxidation sites excluding steroid dienone is 4. The summed E-state index contributed by atoms with van der Waals surface area (Å²) in [5.41, 5.74) is 3.69. The lowest BCUT2D eigenvalue weighted by Crippen LogP contribution is -2.03. The van der Waals surface area contributed by atoms with Crippen molar-refractivity contribution in [2.75, 3.05) is 33.7 Å². The zero-order valence-electron chi connectivity index (χ0n) is 20.5. The minimum Gasteiger partial charge on any atom is -0.400 e. The van der Waals surface area contributed by atoms with Crippen LogP contribution in [0, 0.1) is 0 Å². The summed E-state index contributed by atoms with van der Waals surface area (Å²) in [5, 5.41) is 7.00. The molecule has 0 spiro atoms. The molecule has 0 atom stereocenters. The van der Waals surface area contributed by atoms with Crippen molar-refractivity contribution in [3.05, 3.63) is 121 Å². The topological polar surface area (TPSA) is 52.9 Å². The first kappa shape index (κ1) is 32.0. The highest BCUT2D eigenvalue weighted by Crippen LogP contribution is 2.32. The molecule has 2 rings (SSSR count). The molecule has 0 fully saturated rings. The number of aliphatic hydroxyl groups is 1. The third kappa shape index (κ3) is 16.2. The maximum atomic E-state index is 9.65. The Labute approximate surface area is 204 Å². The second-order valence-electron chi connectivity index (χ2n) is 6.47. The molecule has 0 unspecified atom stereocenters. The molecule has 2 aromatic carbocycles. The summed E-state index contributed by atoms with van der Waals surface area (Å²) >= 11 is 1.75. The number of benzene rings is 2. The van der Waals surface area contributed by atoms with Gasteiger partial charge in [0.25, 0.3) is 0 Å². The van der Waals surface area contributed by atoms with Gasteiger partial charge in [0.1, 0.15) is 0 Å². The van der Waals surface area contributed by atoms with Crippen molar-refractivity contribution in [3.63, 3.8) is 0 Å². The van der Waals surface area contributed by atoms with Crippen molar-refractivity contribution in [2.45, 2.75) is 5.92 Å². The van der Waals surface area contributed by atoms with Crippen LogP contribution in [0.25, 0.3) is 0 Å². The van der Waals surface area contributed by atoms with Crippen LogP contribution < -0.4 is 0 Å². The summed E-state index contributed by atoms with van der Waals surface area (Å²) in [7, 11) is 4.76. The maximum absolute atomic E-state index is 9.65. The van der Waals surface area contributed by atoms with E-state index in [1.54, 1.807) is 24.2 Å². The Kier molecular flexibility index (Phi) is 22.8. The van der Waals surface area contributed by atoms with E-state index in [1.165, 1.54) is 17.3 Å². The largest absolute Gasteiger partial charge is 0.400 e. The minimum absolute atomic E-state index is 0.206. The normalized spacial score (nSPS) is 10.2. The zero-order chi connectivity index (χ0) is 25.3. The molecule has 0 amide bonds. The summed E-state index contributed by atoms with van der Waals surface area (Å²) in [5.74, 6) is 0.206. The fraction of sp³-hybridized carbons (Fsp3) is 0.214. The van der Waals surface area contributed by atoms with Gasteiger partial charge in [-0.25, -0.2) is 0 Å². The lowest BCUT2D eigenvalue weighted by Gasteiger charge is -2.19. The molecular formula is C28H38N2O2S. The van der Waals surface area contributed by atoms with Gasteiger partial charge in [-0.05, 0) is 29.2 Å². The minimum atomic E-state index is 0.206. The van der Waals surface area contributed by atoms with Crippen molar-refractivity contribution in [1.82, 2.24) is 4.90 Å². The Bertz CT molecular complexity index is 790. The molecule has 0 saturated heterocycles. The van der Waals surface area contributed by atoms with Crippen molar-refractivity contribution in [2.24, 2.45) is 4.99 Å². The number of hydrogen-bond donors (Lipinski definition) is 1. The highest BCUT2D eigenvalue weighted by molar-refractivity contribution is 7.97. The molecular weight excluding hydrogens is 428 g/mol. The Hall–Kier alpha value is -3.15. The first-order chi connectivity index (χ1) is 16.0. The van der Waals surface area contributed by atoms with Crippen LogP contribution in [-0.2, 0) is 4.79 Å². The second kappa shape index (κ2) is 23.5. The summed E-state index contributed by atoms with van der Waals surface area (Å²) in [6.07, 6.45) is 15.0. The molecule has 0 saturated carbocycles. The Morgan fingerprint density at radius 1 is 0.970 bits per heavy atom. The van der Waals surface area contributed by atoms with Gasteiger partial charge < -0.3 is 10.0 Å². The quantitative estimate of drug-likeness (QED) is 0.295. The Morgan fingerprint density at radius 3 is 1.76 bits per heavy atom. The first-order valence-corrected chi connectivity index (χ1v) is 11.9. The number of nitrogens with zero attached hydrogens (tertiary/aromatic N) is 2. The third-order valence-corrected chi connectivity index (χ3v) is 3.74. The van der Waals surface area contributed by atoms with Gasteiger partial charge in [0.15, 0.2) is 6.29 Å². The van der Waals surface area contributed by atoms with Gasteiger partial charge in [0.2, 0.25) is 0 Å². The number of hydrogen-bond acceptors (Lipinski definition) is 5. The van der Waals surface area contributed by atoms with E-state index in [-0.39, 0.29) is 5.92 Å². The second-order valence-corrected chi connectivity index (χ2v) is 7.28. The van der Waals surface area contributed by atoms with Crippen LogP contribution in [-0.4, -0.2) is 56.2 Å². The van der Waals surface area contributed by atoms with Crippen molar-refractivity contribution in [1.29, 1.82) is 0 Å². The molecule has 33 heavy (non-hydrogen) atoms. The van der Waals surface area contributed by atoms with Crippen molar-refractivity contribution >= 4 is 24.3 Å². The molecule has 0 heterocycles. The number of aliphatic hydroxyl groups excluding tert-OH is 1. The number of thioether (sulfide) groups is 1.